The molecule has 0 aromatic rings. The summed E-state index contributed by atoms with van der Waals surface area (Å²) in [7, 11) is 0. The molecular weight excluding hydrogens is 448 g/mol. The van der Waals surface area contributed by atoms with E-state index >= 15 is 0 Å². The number of hydrogen-bond donors (Lipinski definition) is 4. The summed E-state index contributed by atoms with van der Waals surface area (Å²) in [5.41, 5.74) is 4.44. The summed E-state index contributed by atoms with van der Waals surface area (Å²) in [5, 5.41) is 15.8. The maximum absolute atomic E-state index is 13.4. The first-order valence-corrected chi connectivity index (χ1v) is 11.6. The van der Waals surface area contributed by atoms with E-state index in [1.807, 2.05) is 5.32 Å². The molecule has 1 saturated carbocycles. The van der Waals surface area contributed by atoms with Gasteiger partial charge in [0.2, 0.25) is 11.7 Å². The number of alkyl halides is 2. The molecule has 0 heterocycles. The van der Waals surface area contributed by atoms with E-state index < -0.39 is 53.0 Å². The number of Topliss-reactive ketones (excluding diaryl/α,β-unsaturated/α-hetero) is 1. The highest BCUT2D eigenvalue weighted by molar-refractivity contribution is 6.36. The normalized spacial score (nSPS) is 16.9. The number of hydrogen-bond acceptors (Lipinski definition) is 5. The second-order valence-electron chi connectivity index (χ2n) is 10.2. The summed E-state index contributed by atoms with van der Waals surface area (Å²) < 4.78 is 26.7. The lowest BCUT2D eigenvalue weighted by Gasteiger charge is -2.31. The van der Waals surface area contributed by atoms with Gasteiger partial charge < -0.3 is 21.7 Å². The van der Waals surface area contributed by atoms with Gasteiger partial charge >= 0.3 is 6.03 Å². The van der Waals surface area contributed by atoms with Gasteiger partial charge in [0.1, 0.15) is 6.04 Å². The number of nitrogens with zero attached hydrogens (tertiary/aromatic N) is 1. The minimum atomic E-state index is -3.45. The molecule has 192 valence electrons. The van der Waals surface area contributed by atoms with E-state index in [0.717, 1.165) is 19.3 Å². The van der Waals surface area contributed by atoms with Gasteiger partial charge in [-0.3, -0.25) is 14.4 Å². The van der Waals surface area contributed by atoms with E-state index in [1.165, 1.54) is 6.07 Å². The lowest BCUT2D eigenvalue weighted by Crippen LogP contribution is -2.58. The van der Waals surface area contributed by atoms with E-state index in [9.17, 15) is 28.0 Å². The van der Waals surface area contributed by atoms with Crippen molar-refractivity contribution in [1.82, 2.24) is 16.0 Å². The number of nitrogens with two attached hydrogens (primary N) is 1. The van der Waals surface area contributed by atoms with Gasteiger partial charge in [-0.25, -0.2) is 13.6 Å². The van der Waals surface area contributed by atoms with Crippen LogP contribution in [0.4, 0.5) is 13.6 Å². The third kappa shape index (κ3) is 9.61. The van der Waals surface area contributed by atoms with Gasteiger partial charge in [-0.05, 0) is 30.6 Å². The number of rotatable bonds is 13. The lowest BCUT2D eigenvalue weighted by atomic mass is 9.76. The molecule has 11 heteroatoms. The molecule has 4 amide bonds. The summed E-state index contributed by atoms with van der Waals surface area (Å²) in [4.78, 5) is 48.3. The van der Waals surface area contributed by atoms with Crippen molar-refractivity contribution in [2.24, 2.45) is 23.0 Å². The molecule has 5 N–H and O–H groups in total. The summed E-state index contributed by atoms with van der Waals surface area (Å²) in [6, 6.07) is -2.80. The summed E-state index contributed by atoms with van der Waals surface area (Å²) in [6.07, 6.45) is 5.53. The third-order valence-corrected chi connectivity index (χ3v) is 6.05. The zero-order valence-corrected chi connectivity index (χ0v) is 20.4. The summed E-state index contributed by atoms with van der Waals surface area (Å²) in [6.45, 7) is 5.89. The smallest absolute Gasteiger partial charge is 0.316 e. The molecule has 9 nitrogen and oxygen atoms in total. The molecule has 0 spiro atoms. The average molecular weight is 486 g/mol. The fourth-order valence-corrected chi connectivity index (χ4v) is 3.77. The number of halogens is 2. The van der Waals surface area contributed by atoms with E-state index in [-0.39, 0.29) is 6.54 Å². The molecule has 3 atom stereocenters. The largest absolute Gasteiger partial charge is 0.363 e. The Balaban J connectivity index is 2.56. The molecule has 0 aromatic carbocycles. The van der Waals surface area contributed by atoms with Crippen molar-refractivity contribution >= 4 is 23.6 Å². The van der Waals surface area contributed by atoms with E-state index in [1.54, 1.807) is 20.8 Å². The number of urea groups is 1. The van der Waals surface area contributed by atoms with Crippen LogP contribution in [0.5, 0.6) is 0 Å². The zero-order valence-electron chi connectivity index (χ0n) is 20.4. The Morgan fingerprint density at radius 2 is 1.71 bits per heavy atom. The van der Waals surface area contributed by atoms with Crippen LogP contribution >= 0.6 is 0 Å². The SMILES string of the molecule is CC(C)(C)C(NC(=O)NC(C#N)C(C)(F)F)C(=O)NCCCCC(CC1CCC1)C(=O)C(N)=O. The monoisotopic (exact) mass is 485 g/mol. The van der Waals surface area contributed by atoms with Gasteiger partial charge in [-0.2, -0.15) is 5.26 Å². The number of amides is 4. The maximum Gasteiger partial charge on any atom is 0.316 e. The Hall–Kier alpha value is -2.77. The van der Waals surface area contributed by atoms with Gasteiger partial charge in [-0.1, -0.05) is 46.5 Å². The van der Waals surface area contributed by atoms with Crippen LogP contribution in [0.3, 0.4) is 0 Å². The molecule has 1 rings (SSSR count). The van der Waals surface area contributed by atoms with Crippen LogP contribution in [0.2, 0.25) is 0 Å². The van der Waals surface area contributed by atoms with Gasteiger partial charge in [0, 0.05) is 19.4 Å². The lowest BCUT2D eigenvalue weighted by molar-refractivity contribution is -0.139. The number of primary amides is 1. The first-order valence-electron chi connectivity index (χ1n) is 11.6. The first kappa shape index (κ1) is 29.3. The molecule has 0 radical (unpaired) electrons. The van der Waals surface area contributed by atoms with Crippen LogP contribution in [0.1, 0.15) is 72.6 Å². The molecule has 0 aromatic heterocycles. The van der Waals surface area contributed by atoms with Gasteiger partial charge in [0.15, 0.2) is 6.04 Å². The topological polar surface area (TPSA) is 154 Å². The Morgan fingerprint density at radius 1 is 1.09 bits per heavy atom. The Labute approximate surface area is 199 Å². The molecule has 0 bridgehead atoms. The predicted octanol–water partition coefficient (Wildman–Crippen LogP) is 2.39. The fourth-order valence-electron chi connectivity index (χ4n) is 3.77. The highest BCUT2D eigenvalue weighted by atomic mass is 19.3. The van der Waals surface area contributed by atoms with Crippen molar-refractivity contribution < 1.29 is 28.0 Å². The quantitative estimate of drug-likeness (QED) is 0.233. The number of carbonyl (C=O) groups is 4. The van der Waals surface area contributed by atoms with Gasteiger partial charge in [-0.15, -0.1) is 0 Å². The Kier molecular flexibility index (Phi) is 10.9. The molecule has 3 unspecified atom stereocenters. The van der Waals surface area contributed by atoms with E-state index in [2.05, 4.69) is 10.6 Å². The molecule has 34 heavy (non-hydrogen) atoms. The number of ketones is 1. The highest BCUT2D eigenvalue weighted by Crippen LogP contribution is 2.34. The van der Waals surface area contributed by atoms with Crippen molar-refractivity contribution in [3.8, 4) is 6.07 Å². The average Bonchev–Trinajstić information content (AvgIpc) is 2.68. The van der Waals surface area contributed by atoms with Crippen LogP contribution in [0.25, 0.3) is 0 Å². The van der Waals surface area contributed by atoms with Crippen molar-refractivity contribution in [2.75, 3.05) is 6.54 Å². The second-order valence-corrected chi connectivity index (χ2v) is 10.2. The fraction of sp³-hybridized carbons (Fsp3) is 0.783. The van der Waals surface area contributed by atoms with Crippen LogP contribution < -0.4 is 21.7 Å². The van der Waals surface area contributed by atoms with Crippen LogP contribution in [-0.2, 0) is 14.4 Å². The number of nitriles is 1. The number of nitrogens with one attached hydrogen (secondary N) is 3. The van der Waals surface area contributed by atoms with Crippen LogP contribution in [0.15, 0.2) is 0 Å². The van der Waals surface area contributed by atoms with Crippen LogP contribution in [-0.4, -0.2) is 48.2 Å². The van der Waals surface area contributed by atoms with Crippen molar-refractivity contribution in [3.63, 3.8) is 0 Å². The van der Waals surface area contributed by atoms with Crippen molar-refractivity contribution in [1.29, 1.82) is 5.26 Å². The minimum Gasteiger partial charge on any atom is -0.363 e. The molecular formula is C23H37F2N5O4. The molecule has 0 aliphatic heterocycles. The predicted molar refractivity (Wildman–Crippen MR) is 121 cm³/mol. The molecule has 1 fully saturated rings. The number of carbonyl (C=O) groups excluding carboxylic acids is 4. The zero-order chi connectivity index (χ0) is 26.1. The molecule has 1 aliphatic carbocycles. The molecule has 1 aliphatic rings. The number of unbranched alkanes of at least 4 members (excludes halogenated alkanes) is 1. The Morgan fingerprint density at radius 3 is 2.15 bits per heavy atom. The highest BCUT2D eigenvalue weighted by Gasteiger charge is 2.38. The van der Waals surface area contributed by atoms with Crippen molar-refractivity contribution in [3.05, 3.63) is 0 Å². The van der Waals surface area contributed by atoms with Gasteiger partial charge in [0.25, 0.3) is 11.8 Å². The third-order valence-electron chi connectivity index (χ3n) is 6.05. The van der Waals surface area contributed by atoms with Gasteiger partial charge in [0.05, 0.1) is 6.07 Å². The maximum atomic E-state index is 13.4. The Bertz CT molecular complexity index is 782. The molecule has 0 saturated heterocycles. The van der Waals surface area contributed by atoms with E-state index in [0.29, 0.717) is 38.5 Å². The minimum absolute atomic E-state index is 0.267. The standard InChI is InChI=1S/C23H37F2N5O4/c1-22(2,3)18(30-21(34)29-16(13-26)23(4,24)25)20(33)28-11-6-5-10-15(17(31)19(27)32)12-14-8-7-9-14/h14-16,18H,5-12H2,1-4H3,(H2,27,32)(H,28,33)(H2,29,30,34). The van der Waals surface area contributed by atoms with Crippen LogP contribution in [0, 0.1) is 28.6 Å². The summed E-state index contributed by atoms with van der Waals surface area (Å²) in [5.74, 6) is -5.37. The summed E-state index contributed by atoms with van der Waals surface area (Å²) >= 11 is 0. The second kappa shape index (κ2) is 12.6. The first-order chi connectivity index (χ1) is 15.7. The van der Waals surface area contributed by atoms with Crippen molar-refractivity contribution in [2.45, 2.75) is 90.6 Å². The van der Waals surface area contributed by atoms with E-state index in [4.69, 9.17) is 11.0 Å².